The highest BCUT2D eigenvalue weighted by molar-refractivity contribution is 5.43. The van der Waals surface area contributed by atoms with E-state index in [1.54, 1.807) is 0 Å². The minimum Gasteiger partial charge on any atom is -0.436 e. The van der Waals surface area contributed by atoms with E-state index in [1.807, 2.05) is 0 Å². The Morgan fingerprint density at radius 1 is 1.38 bits per heavy atom. The fourth-order valence-corrected chi connectivity index (χ4v) is 1.12. The summed E-state index contributed by atoms with van der Waals surface area (Å²) in [6.45, 7) is 0. The topological polar surface area (TPSA) is 81.0 Å². The van der Waals surface area contributed by atoms with Gasteiger partial charge in [-0.15, -0.1) is 0 Å². The number of benzene rings is 1. The Hall–Kier alpha value is -2.37. The molecule has 2 rings (SSSR count). The molecule has 0 aliphatic carbocycles. The summed E-state index contributed by atoms with van der Waals surface area (Å²) in [5.74, 6) is -0.623. The zero-order valence-corrected chi connectivity index (χ0v) is 8.11. The van der Waals surface area contributed by atoms with Gasteiger partial charge in [-0.3, -0.25) is 4.79 Å². The monoisotopic (exact) mass is 221 g/mol. The van der Waals surface area contributed by atoms with Crippen molar-refractivity contribution in [1.82, 2.24) is 9.97 Å². The normalized spacial score (nSPS) is 10.1. The van der Waals surface area contributed by atoms with Crippen LogP contribution in [0.25, 0.3) is 0 Å². The van der Waals surface area contributed by atoms with E-state index < -0.39 is 5.82 Å². The number of H-pyrrole nitrogens is 1. The molecule has 1 heterocycles. The van der Waals surface area contributed by atoms with Crippen LogP contribution in [-0.4, -0.2) is 9.97 Å². The fourth-order valence-electron chi connectivity index (χ4n) is 1.12. The average molecular weight is 221 g/mol. The SMILES string of the molecule is Nc1ccc(Oc2cc(=O)[nH]cn2)c(F)c1. The van der Waals surface area contributed by atoms with Crippen LogP contribution in [0.4, 0.5) is 10.1 Å². The molecule has 0 atom stereocenters. The lowest BCUT2D eigenvalue weighted by Crippen LogP contribution is -2.04. The van der Waals surface area contributed by atoms with Gasteiger partial charge in [-0.1, -0.05) is 0 Å². The molecule has 1 aromatic carbocycles. The molecule has 0 saturated heterocycles. The quantitative estimate of drug-likeness (QED) is 0.748. The van der Waals surface area contributed by atoms with Crippen molar-refractivity contribution in [2.24, 2.45) is 0 Å². The number of aromatic nitrogens is 2. The van der Waals surface area contributed by atoms with Gasteiger partial charge in [0, 0.05) is 11.8 Å². The van der Waals surface area contributed by atoms with Crippen LogP contribution in [0, 0.1) is 5.82 Å². The van der Waals surface area contributed by atoms with Crippen LogP contribution in [0.2, 0.25) is 0 Å². The Labute approximate surface area is 89.7 Å². The second-order valence-corrected chi connectivity index (χ2v) is 3.04. The van der Waals surface area contributed by atoms with E-state index in [-0.39, 0.29) is 17.2 Å². The van der Waals surface area contributed by atoms with Gasteiger partial charge in [0.25, 0.3) is 5.56 Å². The highest BCUT2D eigenvalue weighted by Crippen LogP contribution is 2.23. The maximum atomic E-state index is 13.3. The average Bonchev–Trinajstić information content (AvgIpc) is 2.22. The molecular formula is C10H8FN3O2. The summed E-state index contributed by atoms with van der Waals surface area (Å²) < 4.78 is 18.4. The minimum absolute atomic E-state index is 0.0208. The molecule has 2 aromatic rings. The Balaban J connectivity index is 2.30. The molecule has 5 nitrogen and oxygen atoms in total. The van der Waals surface area contributed by atoms with Gasteiger partial charge in [0.2, 0.25) is 5.88 Å². The number of halogens is 1. The van der Waals surface area contributed by atoms with Crippen LogP contribution in [0.3, 0.4) is 0 Å². The smallest absolute Gasteiger partial charge is 0.254 e. The standard InChI is InChI=1S/C10H8FN3O2/c11-7-3-6(12)1-2-8(7)16-10-4-9(15)13-5-14-10/h1-5H,12H2,(H,13,14,15). The second-order valence-electron chi connectivity index (χ2n) is 3.04. The van der Waals surface area contributed by atoms with Gasteiger partial charge in [0.15, 0.2) is 11.6 Å². The summed E-state index contributed by atoms with van der Waals surface area (Å²) in [5, 5.41) is 0. The molecular weight excluding hydrogens is 213 g/mol. The van der Waals surface area contributed by atoms with Gasteiger partial charge in [-0.25, -0.2) is 9.37 Å². The molecule has 0 bridgehead atoms. The van der Waals surface area contributed by atoms with E-state index in [4.69, 9.17) is 10.5 Å². The molecule has 0 spiro atoms. The molecule has 6 heteroatoms. The molecule has 0 radical (unpaired) electrons. The van der Waals surface area contributed by atoms with E-state index in [9.17, 15) is 9.18 Å². The summed E-state index contributed by atoms with van der Waals surface area (Å²) >= 11 is 0. The molecule has 0 saturated carbocycles. The van der Waals surface area contributed by atoms with E-state index in [0.717, 1.165) is 12.1 Å². The van der Waals surface area contributed by atoms with Gasteiger partial charge in [0.05, 0.1) is 12.4 Å². The van der Waals surface area contributed by atoms with Crippen LogP contribution in [0.15, 0.2) is 35.4 Å². The molecule has 0 fully saturated rings. The van der Waals surface area contributed by atoms with Crippen LogP contribution in [0.5, 0.6) is 11.6 Å². The first-order chi connectivity index (χ1) is 7.65. The number of hydrogen-bond acceptors (Lipinski definition) is 4. The summed E-state index contributed by atoms with van der Waals surface area (Å²) in [6, 6.07) is 5.11. The zero-order valence-electron chi connectivity index (χ0n) is 8.11. The van der Waals surface area contributed by atoms with E-state index >= 15 is 0 Å². The summed E-state index contributed by atoms with van der Waals surface area (Å²) in [6.07, 6.45) is 1.17. The van der Waals surface area contributed by atoms with Crippen molar-refractivity contribution in [1.29, 1.82) is 0 Å². The van der Waals surface area contributed by atoms with Gasteiger partial charge in [-0.2, -0.15) is 0 Å². The summed E-state index contributed by atoms with van der Waals surface area (Å²) in [4.78, 5) is 17.0. The van der Waals surface area contributed by atoms with E-state index in [2.05, 4.69) is 9.97 Å². The first-order valence-corrected chi connectivity index (χ1v) is 4.43. The molecule has 3 N–H and O–H groups in total. The van der Waals surface area contributed by atoms with Crippen molar-refractivity contribution in [3.05, 3.63) is 46.8 Å². The van der Waals surface area contributed by atoms with Crippen LogP contribution in [-0.2, 0) is 0 Å². The van der Waals surface area contributed by atoms with E-state index in [0.29, 0.717) is 5.69 Å². The molecule has 0 unspecified atom stereocenters. The third-order valence-corrected chi connectivity index (χ3v) is 1.82. The van der Waals surface area contributed by atoms with Crippen molar-refractivity contribution in [3.63, 3.8) is 0 Å². The predicted molar refractivity (Wildman–Crippen MR) is 55.7 cm³/mol. The Morgan fingerprint density at radius 2 is 2.19 bits per heavy atom. The lowest BCUT2D eigenvalue weighted by atomic mass is 10.3. The number of aromatic amines is 1. The first-order valence-electron chi connectivity index (χ1n) is 4.43. The maximum Gasteiger partial charge on any atom is 0.254 e. The number of nitrogens with two attached hydrogens (primary N) is 1. The first kappa shape index (κ1) is 10.2. The van der Waals surface area contributed by atoms with Crippen molar-refractivity contribution >= 4 is 5.69 Å². The minimum atomic E-state index is -0.609. The van der Waals surface area contributed by atoms with Crippen LogP contribution >= 0.6 is 0 Å². The Bertz CT molecular complexity index is 568. The largest absolute Gasteiger partial charge is 0.436 e. The predicted octanol–water partition coefficient (Wildman–Crippen LogP) is 1.28. The van der Waals surface area contributed by atoms with Gasteiger partial charge in [-0.05, 0) is 12.1 Å². The van der Waals surface area contributed by atoms with Gasteiger partial charge >= 0.3 is 0 Å². The molecule has 1 aromatic heterocycles. The summed E-state index contributed by atoms with van der Waals surface area (Å²) in [7, 11) is 0. The zero-order chi connectivity index (χ0) is 11.5. The Morgan fingerprint density at radius 3 is 2.88 bits per heavy atom. The van der Waals surface area contributed by atoms with Gasteiger partial charge < -0.3 is 15.5 Å². The lowest BCUT2D eigenvalue weighted by molar-refractivity contribution is 0.426. The number of ether oxygens (including phenoxy) is 1. The number of rotatable bonds is 2. The molecule has 0 amide bonds. The third-order valence-electron chi connectivity index (χ3n) is 1.82. The fraction of sp³-hybridized carbons (Fsp3) is 0. The number of nitrogens with one attached hydrogen (secondary N) is 1. The molecule has 0 aliphatic heterocycles. The van der Waals surface area contributed by atoms with Crippen molar-refractivity contribution in [2.45, 2.75) is 0 Å². The van der Waals surface area contributed by atoms with Crippen molar-refractivity contribution in [2.75, 3.05) is 5.73 Å². The molecule has 82 valence electrons. The van der Waals surface area contributed by atoms with Gasteiger partial charge in [0.1, 0.15) is 0 Å². The highest BCUT2D eigenvalue weighted by atomic mass is 19.1. The lowest BCUT2D eigenvalue weighted by Gasteiger charge is -2.05. The van der Waals surface area contributed by atoms with Crippen LogP contribution < -0.4 is 16.0 Å². The number of anilines is 1. The number of nitrogens with zero attached hydrogens (tertiary/aromatic N) is 1. The van der Waals surface area contributed by atoms with Crippen LogP contribution in [0.1, 0.15) is 0 Å². The highest BCUT2D eigenvalue weighted by Gasteiger charge is 2.05. The molecule has 0 aliphatic rings. The number of nitrogen functional groups attached to an aromatic ring is 1. The molecule has 16 heavy (non-hydrogen) atoms. The Kier molecular flexibility index (Phi) is 2.55. The van der Waals surface area contributed by atoms with Crippen molar-refractivity contribution < 1.29 is 9.13 Å². The van der Waals surface area contributed by atoms with Crippen molar-refractivity contribution in [3.8, 4) is 11.6 Å². The van der Waals surface area contributed by atoms with E-state index in [1.165, 1.54) is 18.5 Å². The second kappa shape index (κ2) is 4.01. The third kappa shape index (κ3) is 2.17. The number of hydrogen-bond donors (Lipinski definition) is 2. The maximum absolute atomic E-state index is 13.3. The summed E-state index contributed by atoms with van der Waals surface area (Å²) in [5.41, 5.74) is 5.30.